The topological polar surface area (TPSA) is 95.2 Å². The average molecular weight is 389 g/mol. The monoisotopic (exact) mass is 389 g/mol. The number of carbonyl (C=O) groups is 2. The lowest BCUT2D eigenvalue weighted by atomic mass is 9.60. The quantitative estimate of drug-likeness (QED) is 0.803. The van der Waals surface area contributed by atoms with Crippen molar-refractivity contribution < 1.29 is 23.1 Å². The first kappa shape index (κ1) is 19.9. The number of hydrogen-bond donors (Lipinski definition) is 1. The van der Waals surface area contributed by atoms with Crippen LogP contribution in [0.3, 0.4) is 0 Å². The molecule has 0 radical (unpaired) electrons. The number of halogens is 2. The van der Waals surface area contributed by atoms with E-state index >= 15 is 0 Å². The summed E-state index contributed by atoms with van der Waals surface area (Å²) in [6.45, 7) is 5.47. The van der Waals surface area contributed by atoms with Crippen molar-refractivity contribution in [2.24, 2.45) is 5.73 Å². The summed E-state index contributed by atoms with van der Waals surface area (Å²) in [6, 6.07) is 7.66. The molecule has 3 rings (SSSR count). The molecular formula is C20H21F2N3O3. The third kappa shape index (κ3) is 3.58. The molecule has 6 nitrogen and oxygen atoms in total. The Morgan fingerprint density at radius 2 is 1.82 bits per heavy atom. The third-order valence-electron chi connectivity index (χ3n) is 4.72. The van der Waals surface area contributed by atoms with Crippen LogP contribution in [-0.4, -0.2) is 27.8 Å². The van der Waals surface area contributed by atoms with Gasteiger partial charge in [0, 0.05) is 24.5 Å². The molecule has 2 aromatic heterocycles. The second-order valence-corrected chi connectivity index (χ2v) is 8.05. The number of ketones is 1. The number of carbonyl (C=O) groups excluding carboxylic acids is 2. The van der Waals surface area contributed by atoms with Crippen molar-refractivity contribution >= 4 is 11.9 Å². The highest BCUT2D eigenvalue weighted by Crippen LogP contribution is 2.54. The van der Waals surface area contributed by atoms with Crippen LogP contribution in [0.4, 0.5) is 13.6 Å². The van der Waals surface area contributed by atoms with Gasteiger partial charge in [0.25, 0.3) is 5.92 Å². The molecule has 1 aliphatic carbocycles. The summed E-state index contributed by atoms with van der Waals surface area (Å²) in [5, 5.41) is 0. The molecule has 0 saturated heterocycles. The van der Waals surface area contributed by atoms with E-state index in [0.29, 0.717) is 11.4 Å². The van der Waals surface area contributed by atoms with Gasteiger partial charge in [0.05, 0.1) is 16.8 Å². The number of pyridine rings is 2. The lowest BCUT2D eigenvalue weighted by Gasteiger charge is -2.45. The standard InChI is InChI=1S/C20H21F2N3O3/c1-18(2,3)15-13(28-17(23)27)8-7-12(25-15)16(26)19(10-20(21,22)11-19)14-6-4-5-9-24-14/h4-9H,10-11H2,1-3H3,(H2,23,27). The number of aromatic nitrogens is 2. The zero-order chi connectivity index (χ0) is 20.7. The van der Waals surface area contributed by atoms with E-state index in [1.165, 1.54) is 18.3 Å². The van der Waals surface area contributed by atoms with Crippen LogP contribution in [0.15, 0.2) is 36.5 Å². The van der Waals surface area contributed by atoms with Crippen LogP contribution >= 0.6 is 0 Å². The number of nitrogens with two attached hydrogens (primary N) is 1. The zero-order valence-corrected chi connectivity index (χ0v) is 15.8. The largest absolute Gasteiger partial charge is 0.410 e. The van der Waals surface area contributed by atoms with Gasteiger partial charge in [0.1, 0.15) is 5.69 Å². The Hall–Kier alpha value is -2.90. The molecule has 1 saturated carbocycles. The van der Waals surface area contributed by atoms with Crippen molar-refractivity contribution in [1.29, 1.82) is 0 Å². The number of ether oxygens (including phenoxy) is 1. The molecule has 2 N–H and O–H groups in total. The van der Waals surface area contributed by atoms with Crippen molar-refractivity contribution in [3.8, 4) is 5.75 Å². The molecule has 1 aliphatic rings. The molecule has 1 amide bonds. The molecule has 0 unspecified atom stereocenters. The van der Waals surface area contributed by atoms with Gasteiger partial charge in [-0.25, -0.2) is 18.6 Å². The SMILES string of the molecule is CC(C)(C)c1nc(C(=O)C2(c3ccccn3)CC(F)(F)C2)ccc1OC(N)=O. The van der Waals surface area contributed by atoms with Crippen LogP contribution in [0.1, 0.15) is 55.5 Å². The first-order chi connectivity index (χ1) is 12.9. The molecule has 2 aromatic rings. The van der Waals surface area contributed by atoms with Crippen LogP contribution in [0, 0.1) is 0 Å². The van der Waals surface area contributed by atoms with Gasteiger partial charge in [0.2, 0.25) is 0 Å². The predicted molar refractivity (Wildman–Crippen MR) is 97.6 cm³/mol. The number of alkyl halides is 2. The lowest BCUT2D eigenvalue weighted by Crippen LogP contribution is -2.55. The Morgan fingerprint density at radius 1 is 1.14 bits per heavy atom. The van der Waals surface area contributed by atoms with E-state index in [-0.39, 0.29) is 11.4 Å². The fourth-order valence-corrected chi connectivity index (χ4v) is 3.48. The summed E-state index contributed by atoms with van der Waals surface area (Å²) in [6.07, 6.45) is -0.780. The van der Waals surface area contributed by atoms with Crippen LogP contribution in [0.25, 0.3) is 0 Å². The number of Topliss-reactive ketones (excluding diaryl/α,β-unsaturated/α-hetero) is 1. The molecule has 0 atom stereocenters. The first-order valence-corrected chi connectivity index (χ1v) is 8.78. The summed E-state index contributed by atoms with van der Waals surface area (Å²) in [4.78, 5) is 32.9. The summed E-state index contributed by atoms with van der Waals surface area (Å²) < 4.78 is 32.6. The maximum absolute atomic E-state index is 13.8. The molecular weight excluding hydrogens is 368 g/mol. The van der Waals surface area contributed by atoms with E-state index in [1.807, 2.05) is 20.8 Å². The van der Waals surface area contributed by atoms with Crippen LogP contribution in [0.2, 0.25) is 0 Å². The van der Waals surface area contributed by atoms with Gasteiger partial charge < -0.3 is 10.5 Å². The number of primary amides is 1. The molecule has 8 heteroatoms. The Morgan fingerprint density at radius 3 is 2.32 bits per heavy atom. The van der Waals surface area contributed by atoms with Crippen molar-refractivity contribution in [2.75, 3.05) is 0 Å². The van der Waals surface area contributed by atoms with Crippen molar-refractivity contribution in [3.05, 3.63) is 53.6 Å². The van der Waals surface area contributed by atoms with E-state index in [1.54, 1.807) is 18.2 Å². The Labute approximate surface area is 161 Å². The highest BCUT2D eigenvalue weighted by molar-refractivity contribution is 6.03. The molecule has 148 valence electrons. The molecule has 1 fully saturated rings. The summed E-state index contributed by atoms with van der Waals surface area (Å²) >= 11 is 0. The molecule has 0 aliphatic heterocycles. The summed E-state index contributed by atoms with van der Waals surface area (Å²) in [5.74, 6) is -3.34. The summed E-state index contributed by atoms with van der Waals surface area (Å²) in [5.41, 5.74) is 3.72. The van der Waals surface area contributed by atoms with Crippen LogP contribution in [-0.2, 0) is 10.8 Å². The highest BCUT2D eigenvalue weighted by atomic mass is 19.3. The van der Waals surface area contributed by atoms with E-state index < -0.39 is 41.5 Å². The molecule has 0 spiro atoms. The van der Waals surface area contributed by atoms with Crippen molar-refractivity contribution in [1.82, 2.24) is 9.97 Å². The Kier molecular flexibility index (Phi) is 4.69. The fraction of sp³-hybridized carbons (Fsp3) is 0.400. The van der Waals surface area contributed by atoms with Crippen LogP contribution in [0.5, 0.6) is 5.75 Å². The molecule has 28 heavy (non-hydrogen) atoms. The molecule has 0 bridgehead atoms. The smallest absolute Gasteiger partial charge is 0.409 e. The minimum Gasteiger partial charge on any atom is -0.409 e. The zero-order valence-electron chi connectivity index (χ0n) is 15.8. The van der Waals surface area contributed by atoms with Gasteiger partial charge in [-0.2, -0.15) is 0 Å². The third-order valence-corrected chi connectivity index (χ3v) is 4.72. The minimum absolute atomic E-state index is 0.0166. The van der Waals surface area contributed by atoms with Gasteiger partial charge in [-0.05, 0) is 24.3 Å². The van der Waals surface area contributed by atoms with Crippen molar-refractivity contribution in [2.45, 2.75) is 50.4 Å². The lowest BCUT2D eigenvalue weighted by molar-refractivity contribution is -0.114. The fourth-order valence-electron chi connectivity index (χ4n) is 3.48. The van der Waals surface area contributed by atoms with E-state index in [9.17, 15) is 18.4 Å². The highest BCUT2D eigenvalue weighted by Gasteiger charge is 2.62. The van der Waals surface area contributed by atoms with Gasteiger partial charge in [0.15, 0.2) is 11.5 Å². The maximum atomic E-state index is 13.8. The second kappa shape index (κ2) is 6.61. The van der Waals surface area contributed by atoms with Crippen LogP contribution < -0.4 is 10.5 Å². The average Bonchev–Trinajstić information content (AvgIpc) is 2.58. The van der Waals surface area contributed by atoms with E-state index in [0.717, 1.165) is 0 Å². The Balaban J connectivity index is 2.07. The number of amides is 1. The number of nitrogens with zero attached hydrogens (tertiary/aromatic N) is 2. The predicted octanol–water partition coefficient (Wildman–Crippen LogP) is 3.78. The second-order valence-electron chi connectivity index (χ2n) is 8.05. The normalized spacial score (nSPS) is 17.5. The van der Waals surface area contributed by atoms with Gasteiger partial charge >= 0.3 is 6.09 Å². The molecule has 0 aromatic carbocycles. The van der Waals surface area contributed by atoms with E-state index in [2.05, 4.69) is 9.97 Å². The minimum atomic E-state index is -2.94. The number of hydrogen-bond acceptors (Lipinski definition) is 5. The van der Waals surface area contributed by atoms with Gasteiger partial charge in [-0.3, -0.25) is 9.78 Å². The maximum Gasteiger partial charge on any atom is 0.410 e. The van der Waals surface area contributed by atoms with Crippen molar-refractivity contribution in [3.63, 3.8) is 0 Å². The van der Waals surface area contributed by atoms with Gasteiger partial charge in [-0.15, -0.1) is 0 Å². The van der Waals surface area contributed by atoms with Gasteiger partial charge in [-0.1, -0.05) is 26.8 Å². The summed E-state index contributed by atoms with van der Waals surface area (Å²) in [7, 11) is 0. The van der Waals surface area contributed by atoms with E-state index in [4.69, 9.17) is 10.5 Å². The number of rotatable bonds is 4. The Bertz CT molecular complexity index is 916. The first-order valence-electron chi connectivity index (χ1n) is 8.78. The molecule has 2 heterocycles.